The molecule has 0 aliphatic rings. The van der Waals surface area contributed by atoms with Crippen LogP contribution in [-0.4, -0.2) is 25.8 Å². The van der Waals surface area contributed by atoms with Crippen LogP contribution in [0.25, 0.3) is 0 Å². The van der Waals surface area contributed by atoms with E-state index < -0.39 is 21.9 Å². The first-order chi connectivity index (χ1) is 8.30. The summed E-state index contributed by atoms with van der Waals surface area (Å²) in [6.07, 6.45) is 0.0758. The number of hydrogen-bond donors (Lipinski definition) is 1. The Balaban J connectivity index is 3.14. The molecule has 0 fully saturated rings. The van der Waals surface area contributed by atoms with Gasteiger partial charge in [-0.25, -0.2) is 12.8 Å². The molecule has 0 aliphatic heterocycles. The lowest BCUT2D eigenvalue weighted by Gasteiger charge is -2.22. The van der Waals surface area contributed by atoms with Crippen LogP contribution in [0.2, 0.25) is 0 Å². The minimum Gasteiger partial charge on any atom is -0.396 e. The van der Waals surface area contributed by atoms with E-state index in [1.165, 1.54) is 7.05 Å². The van der Waals surface area contributed by atoms with Gasteiger partial charge < -0.3 is 5.73 Å². The van der Waals surface area contributed by atoms with Crippen LogP contribution in [0.3, 0.4) is 0 Å². The summed E-state index contributed by atoms with van der Waals surface area (Å²) in [6, 6.07) is 4.66. The van der Waals surface area contributed by atoms with E-state index in [4.69, 9.17) is 11.0 Å². The van der Waals surface area contributed by atoms with E-state index in [0.29, 0.717) is 0 Å². The molecule has 0 spiro atoms. The second kappa shape index (κ2) is 5.33. The molecule has 1 rings (SSSR count). The Morgan fingerprint density at radius 2 is 2.17 bits per heavy atom. The standard InChI is InChI=1S/C11H14FN3O2S/c1-8(5-6-13)15(2)18(16,17)9-3-4-10(12)11(14)7-9/h3-4,7-8H,5,14H2,1-2H3. The third-order valence-electron chi connectivity index (χ3n) is 2.65. The Labute approximate surface area is 106 Å². The molecule has 0 bridgehead atoms. The Morgan fingerprint density at radius 1 is 1.56 bits per heavy atom. The van der Waals surface area contributed by atoms with Crippen molar-refractivity contribution in [3.05, 3.63) is 24.0 Å². The molecule has 0 radical (unpaired) electrons. The van der Waals surface area contributed by atoms with Gasteiger partial charge in [-0.15, -0.1) is 0 Å². The maximum atomic E-state index is 13.0. The topological polar surface area (TPSA) is 87.2 Å². The lowest BCUT2D eigenvalue weighted by molar-refractivity contribution is 0.393. The first-order valence-corrected chi connectivity index (χ1v) is 6.64. The van der Waals surface area contributed by atoms with E-state index in [1.54, 1.807) is 6.92 Å². The molecular formula is C11H14FN3O2S. The molecule has 5 nitrogen and oxygen atoms in total. The molecule has 98 valence electrons. The Bertz CT molecular complexity index is 580. The van der Waals surface area contributed by atoms with E-state index in [9.17, 15) is 12.8 Å². The molecule has 0 aliphatic carbocycles. The van der Waals surface area contributed by atoms with Gasteiger partial charge in [-0.2, -0.15) is 9.57 Å². The summed E-state index contributed by atoms with van der Waals surface area (Å²) < 4.78 is 38.4. The van der Waals surface area contributed by atoms with Crippen molar-refractivity contribution in [3.63, 3.8) is 0 Å². The maximum Gasteiger partial charge on any atom is 0.243 e. The summed E-state index contributed by atoms with van der Waals surface area (Å²) in [5.41, 5.74) is 5.12. The van der Waals surface area contributed by atoms with Gasteiger partial charge in [0.05, 0.1) is 23.1 Å². The number of rotatable bonds is 4. The number of nitrogens with two attached hydrogens (primary N) is 1. The first kappa shape index (κ1) is 14.4. The molecule has 0 amide bonds. The predicted molar refractivity (Wildman–Crippen MR) is 65.5 cm³/mol. The zero-order valence-corrected chi connectivity index (χ0v) is 10.9. The van der Waals surface area contributed by atoms with Crippen LogP contribution in [0.15, 0.2) is 23.1 Å². The van der Waals surface area contributed by atoms with Crippen molar-refractivity contribution in [3.8, 4) is 6.07 Å². The second-order valence-corrected chi connectivity index (χ2v) is 5.91. The highest BCUT2D eigenvalue weighted by Crippen LogP contribution is 2.21. The van der Waals surface area contributed by atoms with Crippen molar-refractivity contribution in [2.45, 2.75) is 24.3 Å². The average Bonchev–Trinajstić information content (AvgIpc) is 2.31. The van der Waals surface area contributed by atoms with Gasteiger partial charge in [-0.1, -0.05) is 0 Å². The molecule has 1 atom stereocenters. The number of hydrogen-bond acceptors (Lipinski definition) is 4. The van der Waals surface area contributed by atoms with E-state index in [2.05, 4.69) is 0 Å². The normalized spacial score (nSPS) is 13.3. The lowest BCUT2D eigenvalue weighted by Crippen LogP contribution is -2.34. The fraction of sp³-hybridized carbons (Fsp3) is 0.364. The van der Waals surface area contributed by atoms with E-state index in [0.717, 1.165) is 22.5 Å². The smallest absolute Gasteiger partial charge is 0.243 e. The fourth-order valence-corrected chi connectivity index (χ4v) is 2.74. The van der Waals surface area contributed by atoms with Gasteiger partial charge in [0.1, 0.15) is 5.82 Å². The van der Waals surface area contributed by atoms with E-state index >= 15 is 0 Å². The highest BCUT2D eigenvalue weighted by molar-refractivity contribution is 7.89. The number of nitrogen functional groups attached to an aromatic ring is 1. The highest BCUT2D eigenvalue weighted by Gasteiger charge is 2.25. The van der Waals surface area contributed by atoms with Crippen molar-refractivity contribution in [1.29, 1.82) is 5.26 Å². The third kappa shape index (κ3) is 2.78. The second-order valence-electron chi connectivity index (χ2n) is 3.92. The van der Waals surface area contributed by atoms with Crippen LogP contribution in [0.5, 0.6) is 0 Å². The zero-order chi connectivity index (χ0) is 13.9. The molecular weight excluding hydrogens is 257 g/mol. The minimum absolute atomic E-state index is 0.0758. The summed E-state index contributed by atoms with van der Waals surface area (Å²) in [7, 11) is -2.39. The van der Waals surface area contributed by atoms with Crippen LogP contribution >= 0.6 is 0 Å². The number of anilines is 1. The molecule has 18 heavy (non-hydrogen) atoms. The summed E-state index contributed by atoms with van der Waals surface area (Å²) in [4.78, 5) is -0.0892. The monoisotopic (exact) mass is 271 g/mol. The van der Waals surface area contributed by atoms with Crippen molar-refractivity contribution in [2.24, 2.45) is 0 Å². The van der Waals surface area contributed by atoms with Crippen LogP contribution in [0.4, 0.5) is 10.1 Å². The van der Waals surface area contributed by atoms with Gasteiger partial charge in [0.2, 0.25) is 10.0 Å². The van der Waals surface area contributed by atoms with Gasteiger partial charge >= 0.3 is 0 Å². The van der Waals surface area contributed by atoms with Crippen LogP contribution in [0.1, 0.15) is 13.3 Å². The molecule has 0 heterocycles. The van der Waals surface area contributed by atoms with Gasteiger partial charge in [-0.05, 0) is 25.1 Å². The minimum atomic E-state index is -3.76. The summed E-state index contributed by atoms with van der Waals surface area (Å²) >= 11 is 0. The molecule has 1 unspecified atom stereocenters. The molecule has 0 saturated carbocycles. The molecule has 2 N–H and O–H groups in total. The number of benzene rings is 1. The first-order valence-electron chi connectivity index (χ1n) is 5.20. The fourth-order valence-electron chi connectivity index (χ4n) is 1.35. The molecule has 0 saturated heterocycles. The number of nitrogens with zero attached hydrogens (tertiary/aromatic N) is 2. The van der Waals surface area contributed by atoms with Crippen molar-refractivity contribution < 1.29 is 12.8 Å². The Kier molecular flexibility index (Phi) is 4.27. The third-order valence-corrected chi connectivity index (χ3v) is 4.62. The summed E-state index contributed by atoms with van der Waals surface area (Å²) in [5, 5.41) is 8.56. The average molecular weight is 271 g/mol. The lowest BCUT2D eigenvalue weighted by atomic mass is 10.3. The largest absolute Gasteiger partial charge is 0.396 e. The zero-order valence-electron chi connectivity index (χ0n) is 10.1. The summed E-state index contributed by atoms with van der Waals surface area (Å²) in [5.74, 6) is -0.665. The van der Waals surface area contributed by atoms with E-state index in [1.807, 2.05) is 6.07 Å². The Morgan fingerprint density at radius 3 is 2.67 bits per heavy atom. The van der Waals surface area contributed by atoms with Gasteiger partial charge in [0.25, 0.3) is 0 Å². The summed E-state index contributed by atoms with van der Waals surface area (Å²) in [6.45, 7) is 1.62. The van der Waals surface area contributed by atoms with Gasteiger partial charge in [0, 0.05) is 13.1 Å². The molecule has 1 aromatic rings. The number of halogens is 1. The van der Waals surface area contributed by atoms with Crippen molar-refractivity contribution in [1.82, 2.24) is 4.31 Å². The highest BCUT2D eigenvalue weighted by atomic mass is 32.2. The van der Waals surface area contributed by atoms with Crippen LogP contribution in [0, 0.1) is 17.1 Å². The Hall–Kier alpha value is -1.65. The van der Waals surface area contributed by atoms with Gasteiger partial charge in [-0.3, -0.25) is 0 Å². The number of sulfonamides is 1. The quantitative estimate of drug-likeness (QED) is 0.837. The number of nitriles is 1. The SMILES string of the molecule is CC(CC#N)N(C)S(=O)(=O)c1ccc(F)c(N)c1. The van der Waals surface area contributed by atoms with Crippen LogP contribution < -0.4 is 5.73 Å². The van der Waals surface area contributed by atoms with E-state index in [-0.39, 0.29) is 17.0 Å². The molecule has 0 aromatic heterocycles. The molecule has 1 aromatic carbocycles. The molecule has 7 heteroatoms. The predicted octanol–water partition coefficient (Wildman–Crippen LogP) is 1.33. The maximum absolute atomic E-state index is 13.0. The van der Waals surface area contributed by atoms with Gasteiger partial charge in [0.15, 0.2) is 0 Å². The van der Waals surface area contributed by atoms with Crippen LogP contribution in [-0.2, 0) is 10.0 Å². The van der Waals surface area contributed by atoms with Crippen molar-refractivity contribution in [2.75, 3.05) is 12.8 Å². The van der Waals surface area contributed by atoms with Crippen molar-refractivity contribution >= 4 is 15.7 Å².